The summed E-state index contributed by atoms with van der Waals surface area (Å²) in [6.07, 6.45) is 4.45. The lowest BCUT2D eigenvalue weighted by molar-refractivity contribution is 0.0610. The second kappa shape index (κ2) is 7.17. The largest absolute Gasteiger partial charge is 0.395 e. The van der Waals surface area contributed by atoms with Gasteiger partial charge in [0.1, 0.15) is 0 Å². The Morgan fingerprint density at radius 3 is 2.60 bits per heavy atom. The summed E-state index contributed by atoms with van der Waals surface area (Å²) in [5.41, 5.74) is 0. The van der Waals surface area contributed by atoms with E-state index in [1.54, 1.807) is 7.05 Å². The number of piperidine rings is 1. The fourth-order valence-corrected chi connectivity index (χ4v) is 4.69. The molecule has 0 bridgehead atoms. The van der Waals surface area contributed by atoms with E-state index >= 15 is 0 Å². The Labute approximate surface area is 121 Å². The zero-order valence-corrected chi connectivity index (χ0v) is 13.0. The molecule has 118 valence electrons. The van der Waals surface area contributed by atoms with Gasteiger partial charge in [-0.1, -0.05) is 6.42 Å². The monoisotopic (exact) mass is 306 g/mol. The van der Waals surface area contributed by atoms with Gasteiger partial charge in [-0.25, -0.2) is 0 Å². The molecule has 0 aromatic heterocycles. The molecule has 0 spiro atoms. The molecule has 2 saturated heterocycles. The van der Waals surface area contributed by atoms with Gasteiger partial charge in [-0.3, -0.25) is 0 Å². The van der Waals surface area contributed by atoms with Crippen LogP contribution in [0.4, 0.5) is 0 Å². The first kappa shape index (κ1) is 16.2. The van der Waals surface area contributed by atoms with E-state index in [9.17, 15) is 13.5 Å². The van der Waals surface area contributed by atoms with Crippen LogP contribution in [0.5, 0.6) is 0 Å². The highest BCUT2D eigenvalue weighted by Gasteiger charge is 2.35. The van der Waals surface area contributed by atoms with Crippen molar-refractivity contribution in [2.45, 2.75) is 38.1 Å². The normalized spacial score (nSPS) is 27.1. The van der Waals surface area contributed by atoms with E-state index in [1.807, 2.05) is 0 Å². The van der Waals surface area contributed by atoms with Crippen molar-refractivity contribution >= 4 is 10.2 Å². The number of rotatable bonds is 5. The zero-order chi connectivity index (χ0) is 14.6. The number of hydrogen-bond donors (Lipinski definition) is 1. The highest BCUT2D eigenvalue weighted by molar-refractivity contribution is 7.86. The third kappa shape index (κ3) is 3.71. The second-order valence-corrected chi connectivity index (χ2v) is 7.77. The van der Waals surface area contributed by atoms with Crippen LogP contribution in [0.2, 0.25) is 0 Å². The molecule has 20 heavy (non-hydrogen) atoms. The molecule has 0 radical (unpaired) electrons. The molecule has 2 fully saturated rings. The van der Waals surface area contributed by atoms with Crippen molar-refractivity contribution in [3.05, 3.63) is 0 Å². The van der Waals surface area contributed by atoms with Crippen LogP contribution in [0.3, 0.4) is 0 Å². The summed E-state index contributed by atoms with van der Waals surface area (Å²) in [4.78, 5) is 0. The summed E-state index contributed by atoms with van der Waals surface area (Å²) in [5, 5.41) is 9.39. The maximum Gasteiger partial charge on any atom is 0.282 e. The SMILES string of the molecule is CN(CC1CCOCC1)S(=O)(=O)N1CCCCC1CO. The maximum atomic E-state index is 12.6. The van der Waals surface area contributed by atoms with E-state index in [0.29, 0.717) is 19.0 Å². The molecule has 7 heteroatoms. The van der Waals surface area contributed by atoms with Gasteiger partial charge in [-0.2, -0.15) is 17.0 Å². The second-order valence-electron chi connectivity index (χ2n) is 5.79. The first-order valence-corrected chi connectivity index (χ1v) is 8.87. The van der Waals surface area contributed by atoms with Crippen molar-refractivity contribution in [3.63, 3.8) is 0 Å². The van der Waals surface area contributed by atoms with Crippen molar-refractivity contribution in [1.29, 1.82) is 0 Å². The van der Waals surface area contributed by atoms with E-state index in [0.717, 1.165) is 45.3 Å². The number of hydrogen-bond acceptors (Lipinski definition) is 4. The Bertz CT molecular complexity index is 395. The fraction of sp³-hybridized carbons (Fsp3) is 1.00. The van der Waals surface area contributed by atoms with Crippen LogP contribution < -0.4 is 0 Å². The van der Waals surface area contributed by atoms with E-state index < -0.39 is 10.2 Å². The van der Waals surface area contributed by atoms with Gasteiger partial charge in [-0.05, 0) is 31.6 Å². The zero-order valence-electron chi connectivity index (χ0n) is 12.2. The molecule has 0 saturated carbocycles. The summed E-state index contributed by atoms with van der Waals surface area (Å²) < 4.78 is 33.5. The third-order valence-electron chi connectivity index (χ3n) is 4.33. The smallest absolute Gasteiger partial charge is 0.282 e. The van der Waals surface area contributed by atoms with Crippen LogP contribution in [0.1, 0.15) is 32.1 Å². The molecule has 0 aliphatic carbocycles. The van der Waals surface area contributed by atoms with Gasteiger partial charge in [0.05, 0.1) is 6.61 Å². The van der Waals surface area contributed by atoms with Crippen molar-refractivity contribution < 1.29 is 18.3 Å². The summed E-state index contributed by atoms with van der Waals surface area (Å²) in [6.45, 7) is 2.42. The van der Waals surface area contributed by atoms with E-state index in [2.05, 4.69) is 0 Å². The Balaban J connectivity index is 1.99. The summed E-state index contributed by atoms with van der Waals surface area (Å²) >= 11 is 0. The fourth-order valence-electron chi connectivity index (χ4n) is 3.03. The highest BCUT2D eigenvalue weighted by atomic mass is 32.2. The first-order chi connectivity index (χ1) is 9.55. The predicted molar refractivity (Wildman–Crippen MR) is 76.5 cm³/mol. The molecule has 0 aromatic rings. The molecular formula is C13H26N2O4S. The van der Waals surface area contributed by atoms with Crippen LogP contribution in [0, 0.1) is 5.92 Å². The minimum Gasteiger partial charge on any atom is -0.395 e. The molecule has 2 heterocycles. The molecule has 1 unspecified atom stereocenters. The number of aliphatic hydroxyl groups excluding tert-OH is 1. The molecule has 1 N–H and O–H groups in total. The lowest BCUT2D eigenvalue weighted by Gasteiger charge is -2.37. The number of ether oxygens (including phenoxy) is 1. The van der Waals surface area contributed by atoms with Crippen molar-refractivity contribution in [2.24, 2.45) is 5.92 Å². The van der Waals surface area contributed by atoms with Crippen LogP contribution in [0.25, 0.3) is 0 Å². The van der Waals surface area contributed by atoms with Gasteiger partial charge in [0.25, 0.3) is 10.2 Å². The van der Waals surface area contributed by atoms with Crippen LogP contribution in [-0.2, 0) is 14.9 Å². The Morgan fingerprint density at radius 2 is 1.95 bits per heavy atom. The van der Waals surface area contributed by atoms with Crippen LogP contribution >= 0.6 is 0 Å². The maximum absolute atomic E-state index is 12.6. The molecule has 2 aliphatic rings. The summed E-state index contributed by atoms with van der Waals surface area (Å²) in [6, 6.07) is -0.258. The summed E-state index contributed by atoms with van der Waals surface area (Å²) in [5.74, 6) is 0.376. The standard InChI is InChI=1S/C13H26N2O4S/c1-14(10-12-5-8-19-9-6-12)20(17,18)15-7-3-2-4-13(15)11-16/h12-13,16H,2-11H2,1H3. The van der Waals surface area contributed by atoms with Gasteiger partial charge >= 0.3 is 0 Å². The van der Waals surface area contributed by atoms with Crippen molar-refractivity contribution in [1.82, 2.24) is 8.61 Å². The number of aliphatic hydroxyl groups is 1. The van der Waals surface area contributed by atoms with Gasteiger partial charge < -0.3 is 9.84 Å². The first-order valence-electron chi connectivity index (χ1n) is 7.47. The minimum atomic E-state index is -3.46. The van der Waals surface area contributed by atoms with E-state index in [-0.39, 0.29) is 12.6 Å². The third-order valence-corrected chi connectivity index (χ3v) is 6.34. The van der Waals surface area contributed by atoms with Crippen LogP contribution in [-0.4, -0.2) is 68.1 Å². The van der Waals surface area contributed by atoms with Crippen LogP contribution in [0.15, 0.2) is 0 Å². The Hall–Kier alpha value is -0.210. The molecule has 0 aromatic carbocycles. The average Bonchev–Trinajstić information content (AvgIpc) is 2.48. The van der Waals surface area contributed by atoms with Gasteiger partial charge in [0.15, 0.2) is 0 Å². The van der Waals surface area contributed by atoms with Gasteiger partial charge in [0.2, 0.25) is 0 Å². The quantitative estimate of drug-likeness (QED) is 0.800. The Morgan fingerprint density at radius 1 is 1.25 bits per heavy atom. The predicted octanol–water partition coefficient (Wildman–Crippen LogP) is 0.436. The highest BCUT2D eigenvalue weighted by Crippen LogP contribution is 2.24. The lowest BCUT2D eigenvalue weighted by atomic mass is 10.0. The van der Waals surface area contributed by atoms with Gasteiger partial charge in [-0.15, -0.1) is 0 Å². The van der Waals surface area contributed by atoms with Gasteiger partial charge in [0, 0.05) is 39.4 Å². The van der Waals surface area contributed by atoms with E-state index in [1.165, 1.54) is 8.61 Å². The average molecular weight is 306 g/mol. The van der Waals surface area contributed by atoms with Crippen molar-refractivity contribution in [3.8, 4) is 0 Å². The number of nitrogens with zero attached hydrogens (tertiary/aromatic N) is 2. The molecular weight excluding hydrogens is 280 g/mol. The lowest BCUT2D eigenvalue weighted by Crippen LogP contribution is -2.51. The molecule has 2 rings (SSSR count). The molecule has 2 aliphatic heterocycles. The van der Waals surface area contributed by atoms with Crippen molar-refractivity contribution in [2.75, 3.05) is 40.0 Å². The van der Waals surface area contributed by atoms with E-state index in [4.69, 9.17) is 4.74 Å². The molecule has 1 atom stereocenters. The molecule has 6 nitrogen and oxygen atoms in total. The topological polar surface area (TPSA) is 70.1 Å². The molecule has 0 amide bonds. The Kier molecular flexibility index (Phi) is 5.80. The summed E-state index contributed by atoms with van der Waals surface area (Å²) in [7, 11) is -1.81. The minimum absolute atomic E-state index is 0.0929.